The van der Waals surface area contributed by atoms with Crippen LogP contribution in [-0.4, -0.2) is 30.6 Å². The first kappa shape index (κ1) is 23.7. The van der Waals surface area contributed by atoms with Gasteiger partial charge in [0, 0.05) is 15.6 Å². The summed E-state index contributed by atoms with van der Waals surface area (Å²) in [7, 11) is 1.28. The van der Waals surface area contributed by atoms with Gasteiger partial charge in [-0.3, -0.25) is 9.59 Å². The Balaban J connectivity index is 1.55. The number of anilines is 2. The molecule has 0 radical (unpaired) electrons. The number of nitrogens with one attached hydrogen (secondary N) is 2. The number of rotatable bonds is 7. The van der Waals surface area contributed by atoms with E-state index in [0.717, 1.165) is 4.90 Å². The number of hydrogen-bond donors (Lipinski definition) is 2. The van der Waals surface area contributed by atoms with Gasteiger partial charge in [-0.1, -0.05) is 35.3 Å². The van der Waals surface area contributed by atoms with E-state index >= 15 is 0 Å². The lowest BCUT2D eigenvalue weighted by Gasteiger charge is -2.10. The molecule has 0 atom stereocenters. The lowest BCUT2D eigenvalue weighted by Crippen LogP contribution is -2.17. The van der Waals surface area contributed by atoms with Gasteiger partial charge in [0.05, 0.1) is 34.7 Å². The van der Waals surface area contributed by atoms with Gasteiger partial charge in [-0.25, -0.2) is 4.79 Å². The fourth-order valence-corrected chi connectivity index (χ4v) is 3.91. The average molecular weight is 489 g/mol. The van der Waals surface area contributed by atoms with E-state index < -0.39 is 5.97 Å². The number of benzene rings is 3. The van der Waals surface area contributed by atoms with Crippen LogP contribution in [0, 0.1) is 0 Å². The van der Waals surface area contributed by atoms with Crippen LogP contribution in [0.3, 0.4) is 0 Å². The number of hydrogen-bond acceptors (Lipinski definition) is 5. The van der Waals surface area contributed by atoms with E-state index in [1.165, 1.54) is 24.9 Å². The molecule has 9 heteroatoms. The molecule has 2 amide bonds. The molecule has 0 saturated carbocycles. The van der Waals surface area contributed by atoms with Crippen molar-refractivity contribution < 1.29 is 19.1 Å². The molecule has 0 bridgehead atoms. The Morgan fingerprint density at radius 2 is 1.62 bits per heavy atom. The molecule has 0 spiro atoms. The molecule has 164 valence electrons. The zero-order chi connectivity index (χ0) is 23.1. The Labute approximate surface area is 199 Å². The molecular formula is C23H18Cl2N2O4S. The summed E-state index contributed by atoms with van der Waals surface area (Å²) in [5, 5.41) is 6.20. The monoisotopic (exact) mass is 488 g/mol. The Morgan fingerprint density at radius 3 is 2.31 bits per heavy atom. The van der Waals surface area contributed by atoms with Crippen LogP contribution in [-0.2, 0) is 9.53 Å². The molecule has 0 aliphatic carbocycles. The van der Waals surface area contributed by atoms with Gasteiger partial charge < -0.3 is 15.4 Å². The number of amides is 2. The number of esters is 1. The van der Waals surface area contributed by atoms with Crippen LogP contribution in [0.2, 0.25) is 10.0 Å². The van der Waals surface area contributed by atoms with Crippen LogP contribution < -0.4 is 10.6 Å². The SMILES string of the molecule is COC(=O)c1ccccc1NC(=O)CSc1ccc(NC(=O)c2ccc(Cl)cc2Cl)cc1. The molecule has 3 aromatic rings. The average Bonchev–Trinajstić information content (AvgIpc) is 2.78. The Kier molecular flexibility index (Phi) is 8.16. The van der Waals surface area contributed by atoms with Crippen molar-refractivity contribution in [1.82, 2.24) is 0 Å². The Bertz CT molecular complexity index is 1150. The first-order valence-electron chi connectivity index (χ1n) is 9.34. The normalized spacial score (nSPS) is 10.3. The van der Waals surface area contributed by atoms with Crippen LogP contribution in [0.15, 0.2) is 71.6 Å². The minimum atomic E-state index is -0.522. The quantitative estimate of drug-likeness (QED) is 0.326. The fraction of sp³-hybridized carbons (Fsp3) is 0.0870. The van der Waals surface area contributed by atoms with E-state index in [1.54, 1.807) is 60.7 Å². The molecule has 0 heterocycles. The first-order chi connectivity index (χ1) is 15.4. The van der Waals surface area contributed by atoms with Gasteiger partial charge in [0.15, 0.2) is 0 Å². The number of halogens is 2. The summed E-state index contributed by atoms with van der Waals surface area (Å²) < 4.78 is 4.73. The molecule has 0 aliphatic heterocycles. The van der Waals surface area contributed by atoms with Crippen molar-refractivity contribution in [2.24, 2.45) is 0 Å². The highest BCUT2D eigenvalue weighted by atomic mass is 35.5. The smallest absolute Gasteiger partial charge is 0.339 e. The van der Waals surface area contributed by atoms with Gasteiger partial charge in [-0.2, -0.15) is 0 Å². The van der Waals surface area contributed by atoms with Crippen molar-refractivity contribution in [1.29, 1.82) is 0 Å². The lowest BCUT2D eigenvalue weighted by atomic mass is 10.2. The van der Waals surface area contributed by atoms with Crippen LogP contribution in [0.25, 0.3) is 0 Å². The van der Waals surface area contributed by atoms with Gasteiger partial charge in [-0.05, 0) is 54.6 Å². The fourth-order valence-electron chi connectivity index (χ4n) is 2.72. The first-order valence-corrected chi connectivity index (χ1v) is 11.1. The van der Waals surface area contributed by atoms with Gasteiger partial charge in [0.25, 0.3) is 5.91 Å². The maximum Gasteiger partial charge on any atom is 0.339 e. The van der Waals surface area contributed by atoms with Crippen molar-refractivity contribution in [3.8, 4) is 0 Å². The minimum Gasteiger partial charge on any atom is -0.465 e. The maximum absolute atomic E-state index is 12.4. The summed E-state index contributed by atoms with van der Waals surface area (Å²) in [6.07, 6.45) is 0. The van der Waals surface area contributed by atoms with Crippen molar-refractivity contribution in [3.63, 3.8) is 0 Å². The predicted molar refractivity (Wildman–Crippen MR) is 128 cm³/mol. The van der Waals surface area contributed by atoms with Gasteiger partial charge in [-0.15, -0.1) is 11.8 Å². The van der Waals surface area contributed by atoms with E-state index in [2.05, 4.69) is 10.6 Å². The highest BCUT2D eigenvalue weighted by molar-refractivity contribution is 8.00. The molecule has 3 aromatic carbocycles. The van der Waals surface area contributed by atoms with Crippen molar-refractivity contribution in [2.75, 3.05) is 23.5 Å². The summed E-state index contributed by atoms with van der Waals surface area (Å²) in [4.78, 5) is 37.3. The predicted octanol–water partition coefficient (Wildman–Crippen LogP) is 5.76. The van der Waals surface area contributed by atoms with Crippen LogP contribution in [0.5, 0.6) is 0 Å². The summed E-state index contributed by atoms with van der Waals surface area (Å²) in [5.41, 5.74) is 1.58. The molecule has 32 heavy (non-hydrogen) atoms. The summed E-state index contributed by atoms with van der Waals surface area (Å²) >= 11 is 13.2. The lowest BCUT2D eigenvalue weighted by molar-refractivity contribution is -0.113. The van der Waals surface area contributed by atoms with Crippen molar-refractivity contribution >= 4 is 64.1 Å². The zero-order valence-electron chi connectivity index (χ0n) is 16.9. The minimum absolute atomic E-state index is 0.140. The molecule has 0 unspecified atom stereocenters. The molecule has 0 aromatic heterocycles. The molecule has 0 aliphatic rings. The maximum atomic E-state index is 12.4. The van der Waals surface area contributed by atoms with E-state index in [4.69, 9.17) is 27.9 Å². The number of ether oxygens (including phenoxy) is 1. The Hall–Kier alpha value is -3.00. The van der Waals surface area contributed by atoms with E-state index in [0.29, 0.717) is 22.0 Å². The summed E-state index contributed by atoms with van der Waals surface area (Å²) in [6.45, 7) is 0. The van der Waals surface area contributed by atoms with Crippen LogP contribution in [0.1, 0.15) is 20.7 Å². The van der Waals surface area contributed by atoms with Crippen LogP contribution in [0.4, 0.5) is 11.4 Å². The van der Waals surface area contributed by atoms with E-state index in [-0.39, 0.29) is 28.2 Å². The standard InChI is InChI=1S/C23H18Cl2N2O4S/c1-31-23(30)18-4-2-3-5-20(18)27-21(28)13-32-16-9-7-15(8-10-16)26-22(29)17-11-6-14(24)12-19(17)25/h2-12H,13H2,1H3,(H,26,29)(H,27,28). The number of carbonyl (C=O) groups excluding carboxylic acids is 3. The molecule has 0 fully saturated rings. The molecule has 2 N–H and O–H groups in total. The number of thioether (sulfide) groups is 1. The second-order valence-corrected chi connectivity index (χ2v) is 8.37. The van der Waals surface area contributed by atoms with Crippen molar-refractivity contribution in [3.05, 3.63) is 87.9 Å². The van der Waals surface area contributed by atoms with E-state index in [1.807, 2.05) is 0 Å². The number of para-hydroxylation sites is 1. The number of methoxy groups -OCH3 is 1. The zero-order valence-corrected chi connectivity index (χ0v) is 19.2. The second-order valence-electron chi connectivity index (χ2n) is 6.48. The largest absolute Gasteiger partial charge is 0.465 e. The summed E-state index contributed by atoms with van der Waals surface area (Å²) in [6, 6.07) is 18.3. The van der Waals surface area contributed by atoms with Crippen molar-refractivity contribution in [2.45, 2.75) is 4.90 Å². The third-order valence-electron chi connectivity index (χ3n) is 4.26. The molecule has 0 saturated heterocycles. The van der Waals surface area contributed by atoms with Crippen LogP contribution >= 0.6 is 35.0 Å². The van der Waals surface area contributed by atoms with Gasteiger partial charge in [0.1, 0.15) is 0 Å². The highest BCUT2D eigenvalue weighted by Gasteiger charge is 2.14. The van der Waals surface area contributed by atoms with Gasteiger partial charge >= 0.3 is 5.97 Å². The second kappa shape index (κ2) is 11.0. The third kappa shape index (κ3) is 6.26. The topological polar surface area (TPSA) is 84.5 Å². The molecular weight excluding hydrogens is 471 g/mol. The summed E-state index contributed by atoms with van der Waals surface area (Å²) in [5.74, 6) is -0.996. The third-order valence-corrected chi connectivity index (χ3v) is 5.82. The highest BCUT2D eigenvalue weighted by Crippen LogP contribution is 2.24. The van der Waals surface area contributed by atoms with E-state index in [9.17, 15) is 14.4 Å². The Morgan fingerprint density at radius 1 is 0.906 bits per heavy atom. The molecule has 3 rings (SSSR count). The molecule has 6 nitrogen and oxygen atoms in total. The van der Waals surface area contributed by atoms with Gasteiger partial charge in [0.2, 0.25) is 5.91 Å². The number of carbonyl (C=O) groups is 3.